The molecule has 58 valence electrons. The number of thiol groups is 1. The second-order valence-corrected chi connectivity index (χ2v) is 3.64. The molecule has 0 spiro atoms. The molecule has 1 rings (SSSR count). The summed E-state index contributed by atoms with van der Waals surface area (Å²) in [4.78, 5) is 3.42. The van der Waals surface area contributed by atoms with Gasteiger partial charge in [-0.2, -0.15) is 0 Å². The number of likely N-dealkylation sites (tertiary alicyclic amines) is 1. The maximum Gasteiger partial charge on any atom is -0.00158 e. The van der Waals surface area contributed by atoms with E-state index in [1.54, 1.807) is 0 Å². The Morgan fingerprint density at radius 1 is 1.50 bits per heavy atom. The Morgan fingerprint density at radius 2 is 2.00 bits per heavy atom. The third-order valence-electron chi connectivity index (χ3n) is 2.19. The molecule has 0 aromatic carbocycles. The van der Waals surface area contributed by atoms with Crippen LogP contribution in [0.3, 0.4) is 0 Å². The number of piperidine rings is 1. The van der Waals surface area contributed by atoms with Crippen molar-refractivity contribution in [3.8, 4) is 0 Å². The van der Waals surface area contributed by atoms with E-state index >= 15 is 0 Å². The molecule has 2 heteroatoms. The minimum absolute atomic E-state index is 0.666. The standard InChI is InChI=1S/C8H15NS/c1-7(10)8-3-5-9(2)6-4-8/h8,10H,1,3-6H2,2H3. The van der Waals surface area contributed by atoms with E-state index in [1.165, 1.54) is 25.9 Å². The van der Waals surface area contributed by atoms with E-state index < -0.39 is 0 Å². The molecule has 0 aliphatic carbocycles. The fourth-order valence-corrected chi connectivity index (χ4v) is 1.60. The van der Waals surface area contributed by atoms with Gasteiger partial charge in [-0.1, -0.05) is 6.58 Å². The molecular weight excluding hydrogens is 142 g/mol. The monoisotopic (exact) mass is 157 g/mol. The molecule has 0 unspecified atom stereocenters. The van der Waals surface area contributed by atoms with Crippen molar-refractivity contribution in [3.63, 3.8) is 0 Å². The first-order chi connectivity index (χ1) is 4.70. The number of hydrogen-bond acceptors (Lipinski definition) is 2. The molecule has 0 atom stereocenters. The van der Waals surface area contributed by atoms with Crippen LogP contribution in [0.15, 0.2) is 11.5 Å². The van der Waals surface area contributed by atoms with E-state index in [1.807, 2.05) is 0 Å². The van der Waals surface area contributed by atoms with Crippen LogP contribution >= 0.6 is 12.6 Å². The van der Waals surface area contributed by atoms with E-state index in [2.05, 4.69) is 31.2 Å². The highest BCUT2D eigenvalue weighted by Crippen LogP contribution is 2.24. The largest absolute Gasteiger partial charge is 0.306 e. The fraction of sp³-hybridized carbons (Fsp3) is 0.750. The topological polar surface area (TPSA) is 3.24 Å². The molecule has 1 aliphatic heterocycles. The minimum Gasteiger partial charge on any atom is -0.306 e. The zero-order valence-electron chi connectivity index (χ0n) is 6.51. The van der Waals surface area contributed by atoms with Gasteiger partial charge in [-0.15, -0.1) is 12.6 Å². The molecule has 1 aliphatic rings. The molecule has 1 heterocycles. The zero-order chi connectivity index (χ0) is 7.56. The Hall–Kier alpha value is 0.0500. The number of allylic oxidation sites excluding steroid dienone is 1. The van der Waals surface area contributed by atoms with Crippen LogP contribution in [0.1, 0.15) is 12.8 Å². The van der Waals surface area contributed by atoms with Crippen LogP contribution in [0.5, 0.6) is 0 Å². The summed E-state index contributed by atoms with van der Waals surface area (Å²) < 4.78 is 0. The first-order valence-corrected chi connectivity index (χ1v) is 4.21. The van der Waals surface area contributed by atoms with Crippen molar-refractivity contribution in [2.24, 2.45) is 5.92 Å². The molecule has 0 radical (unpaired) electrons. The number of hydrogen-bond donors (Lipinski definition) is 1. The molecule has 0 aromatic heterocycles. The summed E-state index contributed by atoms with van der Waals surface area (Å²) in [5.74, 6) is 0.666. The van der Waals surface area contributed by atoms with E-state index in [-0.39, 0.29) is 0 Å². The Balaban J connectivity index is 2.33. The number of rotatable bonds is 1. The summed E-state index contributed by atoms with van der Waals surface area (Å²) in [6.45, 7) is 6.25. The van der Waals surface area contributed by atoms with Gasteiger partial charge in [0.25, 0.3) is 0 Å². The molecule has 10 heavy (non-hydrogen) atoms. The molecule has 1 fully saturated rings. The molecule has 0 bridgehead atoms. The second kappa shape index (κ2) is 3.44. The Morgan fingerprint density at radius 3 is 2.40 bits per heavy atom. The van der Waals surface area contributed by atoms with Crippen molar-refractivity contribution in [1.82, 2.24) is 4.90 Å². The van der Waals surface area contributed by atoms with E-state index in [0.29, 0.717) is 5.92 Å². The van der Waals surface area contributed by atoms with Crippen LogP contribution in [-0.4, -0.2) is 25.0 Å². The maximum absolute atomic E-state index is 4.26. The normalized spacial score (nSPS) is 23.0. The van der Waals surface area contributed by atoms with Crippen LogP contribution < -0.4 is 0 Å². The van der Waals surface area contributed by atoms with Gasteiger partial charge in [-0.3, -0.25) is 0 Å². The lowest BCUT2D eigenvalue weighted by Gasteiger charge is -2.28. The van der Waals surface area contributed by atoms with Crippen molar-refractivity contribution in [1.29, 1.82) is 0 Å². The van der Waals surface area contributed by atoms with Gasteiger partial charge in [-0.05, 0) is 43.8 Å². The first kappa shape index (κ1) is 8.15. The lowest BCUT2D eigenvalue weighted by Crippen LogP contribution is -2.30. The highest BCUT2D eigenvalue weighted by molar-refractivity contribution is 7.84. The highest BCUT2D eigenvalue weighted by Gasteiger charge is 2.16. The molecule has 0 aromatic rings. The molecule has 0 N–H and O–H groups in total. The van der Waals surface area contributed by atoms with Crippen molar-refractivity contribution in [2.75, 3.05) is 20.1 Å². The molecule has 1 nitrogen and oxygen atoms in total. The van der Waals surface area contributed by atoms with Crippen LogP contribution in [0.2, 0.25) is 0 Å². The summed E-state index contributed by atoms with van der Waals surface area (Å²) in [5, 5.41) is 0. The van der Waals surface area contributed by atoms with Gasteiger partial charge >= 0.3 is 0 Å². The lowest BCUT2D eigenvalue weighted by molar-refractivity contribution is 0.242. The average Bonchev–Trinajstić information content (AvgIpc) is 1.88. The average molecular weight is 157 g/mol. The summed E-state index contributed by atoms with van der Waals surface area (Å²) in [6.07, 6.45) is 2.47. The maximum atomic E-state index is 4.26. The van der Waals surface area contributed by atoms with Crippen molar-refractivity contribution in [3.05, 3.63) is 11.5 Å². The van der Waals surface area contributed by atoms with E-state index in [9.17, 15) is 0 Å². The third kappa shape index (κ3) is 2.03. The van der Waals surface area contributed by atoms with Crippen LogP contribution in [0.4, 0.5) is 0 Å². The Bertz CT molecular complexity index is 125. The molecule has 1 saturated heterocycles. The van der Waals surface area contributed by atoms with Gasteiger partial charge in [0, 0.05) is 0 Å². The minimum atomic E-state index is 0.666. The Kier molecular flexibility index (Phi) is 2.81. The quantitative estimate of drug-likeness (QED) is 0.568. The van der Waals surface area contributed by atoms with Crippen molar-refractivity contribution >= 4 is 12.6 Å². The fourth-order valence-electron chi connectivity index (χ4n) is 1.34. The zero-order valence-corrected chi connectivity index (χ0v) is 7.40. The van der Waals surface area contributed by atoms with Gasteiger partial charge in [0.2, 0.25) is 0 Å². The summed E-state index contributed by atoms with van der Waals surface area (Å²) >= 11 is 4.26. The van der Waals surface area contributed by atoms with Crippen LogP contribution in [0.25, 0.3) is 0 Å². The summed E-state index contributed by atoms with van der Waals surface area (Å²) in [5.41, 5.74) is 0. The van der Waals surface area contributed by atoms with Crippen molar-refractivity contribution < 1.29 is 0 Å². The third-order valence-corrected chi connectivity index (χ3v) is 2.55. The van der Waals surface area contributed by atoms with Crippen LogP contribution in [0, 0.1) is 5.92 Å². The molecule has 0 saturated carbocycles. The predicted octanol–water partition coefficient (Wildman–Crippen LogP) is 1.77. The molecular formula is C8H15NS. The first-order valence-electron chi connectivity index (χ1n) is 3.76. The van der Waals surface area contributed by atoms with Gasteiger partial charge in [0.1, 0.15) is 0 Å². The predicted molar refractivity (Wildman–Crippen MR) is 48.3 cm³/mol. The summed E-state index contributed by atoms with van der Waals surface area (Å²) in [7, 11) is 2.16. The van der Waals surface area contributed by atoms with E-state index in [0.717, 1.165) is 4.91 Å². The van der Waals surface area contributed by atoms with Gasteiger partial charge in [-0.25, -0.2) is 0 Å². The van der Waals surface area contributed by atoms with E-state index in [4.69, 9.17) is 0 Å². The lowest BCUT2D eigenvalue weighted by atomic mass is 9.97. The van der Waals surface area contributed by atoms with Crippen LogP contribution in [-0.2, 0) is 0 Å². The number of nitrogens with zero attached hydrogens (tertiary/aromatic N) is 1. The molecule has 0 amide bonds. The second-order valence-electron chi connectivity index (χ2n) is 3.07. The summed E-state index contributed by atoms with van der Waals surface area (Å²) in [6, 6.07) is 0. The highest BCUT2D eigenvalue weighted by atomic mass is 32.1. The van der Waals surface area contributed by atoms with Gasteiger partial charge in [0.15, 0.2) is 0 Å². The smallest absolute Gasteiger partial charge is 0.00158 e. The van der Waals surface area contributed by atoms with Gasteiger partial charge in [0.05, 0.1) is 0 Å². The Labute approximate surface area is 68.5 Å². The van der Waals surface area contributed by atoms with Crippen molar-refractivity contribution in [2.45, 2.75) is 12.8 Å². The van der Waals surface area contributed by atoms with Gasteiger partial charge < -0.3 is 4.90 Å². The SMILES string of the molecule is C=C(S)C1CCN(C)CC1.